The molecule has 1 atom stereocenters. The van der Waals surface area contributed by atoms with Crippen molar-refractivity contribution in [2.45, 2.75) is 58.0 Å². The van der Waals surface area contributed by atoms with Gasteiger partial charge in [0.15, 0.2) is 5.78 Å². The number of carbonyl (C=O) groups is 1. The van der Waals surface area contributed by atoms with Crippen molar-refractivity contribution in [1.29, 1.82) is 0 Å². The zero-order valence-corrected chi connectivity index (χ0v) is 12.6. The van der Waals surface area contributed by atoms with Gasteiger partial charge in [-0.3, -0.25) is 9.78 Å². The molecule has 0 N–H and O–H groups in total. The maximum atomic E-state index is 12.4. The maximum Gasteiger partial charge on any atom is 0.167 e. The van der Waals surface area contributed by atoms with Crippen molar-refractivity contribution < 1.29 is 9.53 Å². The van der Waals surface area contributed by atoms with Crippen molar-refractivity contribution in [3.05, 3.63) is 29.6 Å². The lowest BCUT2D eigenvalue weighted by Gasteiger charge is -2.28. The molecule has 1 heterocycles. The number of hydrogen-bond donors (Lipinski definition) is 0. The maximum absolute atomic E-state index is 12.4. The lowest BCUT2D eigenvalue weighted by atomic mass is 9.83. The highest BCUT2D eigenvalue weighted by molar-refractivity contribution is 5.85. The molecule has 110 valence electrons. The fourth-order valence-electron chi connectivity index (χ4n) is 3.07. The van der Waals surface area contributed by atoms with Crippen LogP contribution in [0.3, 0.4) is 0 Å². The Morgan fingerprint density at radius 3 is 2.65 bits per heavy atom. The molecule has 0 amide bonds. The zero-order valence-electron chi connectivity index (χ0n) is 12.6. The minimum atomic E-state index is -0.247. The molecule has 1 aromatic rings. The molecule has 1 aromatic heterocycles. The van der Waals surface area contributed by atoms with Crippen molar-refractivity contribution in [3.8, 4) is 0 Å². The monoisotopic (exact) mass is 275 g/mol. The number of aromatic nitrogens is 1. The largest absolute Gasteiger partial charge is 0.373 e. The highest BCUT2D eigenvalue weighted by atomic mass is 16.5. The first kappa shape index (κ1) is 15.2. The molecule has 1 fully saturated rings. The van der Waals surface area contributed by atoms with Crippen LogP contribution in [0.1, 0.15) is 50.3 Å². The molecular formula is C17H25NO2. The first-order valence-electron chi connectivity index (χ1n) is 7.74. The molecule has 1 aliphatic rings. The van der Waals surface area contributed by atoms with Gasteiger partial charge in [-0.15, -0.1) is 0 Å². The third kappa shape index (κ3) is 3.89. The fraction of sp³-hybridized carbons (Fsp3) is 0.647. The number of carbonyl (C=O) groups excluding carboxylic acids is 1. The number of nitrogens with zero attached hydrogens (tertiary/aromatic N) is 1. The van der Waals surface area contributed by atoms with Crippen molar-refractivity contribution in [2.75, 3.05) is 7.11 Å². The Balaban J connectivity index is 1.97. The van der Waals surface area contributed by atoms with Crippen molar-refractivity contribution >= 4 is 5.78 Å². The van der Waals surface area contributed by atoms with Gasteiger partial charge in [-0.2, -0.15) is 0 Å². The molecule has 20 heavy (non-hydrogen) atoms. The van der Waals surface area contributed by atoms with Crippen molar-refractivity contribution in [2.24, 2.45) is 5.92 Å². The van der Waals surface area contributed by atoms with E-state index >= 15 is 0 Å². The Morgan fingerprint density at radius 1 is 1.35 bits per heavy atom. The number of Topliss-reactive ketones (excluding diaryl/α,β-unsaturated/α-hetero) is 1. The van der Waals surface area contributed by atoms with Gasteiger partial charge in [-0.05, 0) is 36.8 Å². The van der Waals surface area contributed by atoms with Crippen molar-refractivity contribution in [3.63, 3.8) is 0 Å². The van der Waals surface area contributed by atoms with Gasteiger partial charge in [0.1, 0.15) is 6.10 Å². The van der Waals surface area contributed by atoms with Crippen LogP contribution in [-0.2, 0) is 22.4 Å². The third-order valence-corrected chi connectivity index (χ3v) is 4.30. The smallest absolute Gasteiger partial charge is 0.167 e. The Morgan fingerprint density at radius 2 is 2.10 bits per heavy atom. The molecule has 0 radical (unpaired) electrons. The summed E-state index contributed by atoms with van der Waals surface area (Å²) >= 11 is 0. The van der Waals surface area contributed by atoms with E-state index in [1.165, 1.54) is 24.8 Å². The van der Waals surface area contributed by atoms with Gasteiger partial charge in [0.05, 0.1) is 6.42 Å². The third-order valence-electron chi connectivity index (χ3n) is 4.30. The number of ketones is 1. The predicted molar refractivity (Wildman–Crippen MR) is 79.7 cm³/mol. The minimum absolute atomic E-state index is 0.177. The first-order valence-corrected chi connectivity index (χ1v) is 7.74. The van der Waals surface area contributed by atoms with E-state index in [1.807, 2.05) is 12.3 Å². The van der Waals surface area contributed by atoms with Gasteiger partial charge in [0, 0.05) is 19.0 Å². The SMILES string of the molecule is CCc1ccc(CC(=O)C(OC)C2CCCCC2)nc1. The summed E-state index contributed by atoms with van der Waals surface area (Å²) < 4.78 is 5.49. The van der Waals surface area contributed by atoms with Crippen LogP contribution < -0.4 is 0 Å². The van der Waals surface area contributed by atoms with E-state index in [1.54, 1.807) is 7.11 Å². The van der Waals surface area contributed by atoms with Crippen LogP contribution in [-0.4, -0.2) is 24.0 Å². The lowest BCUT2D eigenvalue weighted by Crippen LogP contribution is -2.34. The second-order valence-corrected chi connectivity index (χ2v) is 5.71. The summed E-state index contributed by atoms with van der Waals surface area (Å²) in [7, 11) is 1.66. The van der Waals surface area contributed by atoms with Gasteiger partial charge >= 0.3 is 0 Å². The van der Waals surface area contributed by atoms with E-state index in [2.05, 4.69) is 18.0 Å². The van der Waals surface area contributed by atoms with Gasteiger partial charge in [-0.1, -0.05) is 32.3 Å². The van der Waals surface area contributed by atoms with E-state index in [0.717, 1.165) is 25.0 Å². The van der Waals surface area contributed by atoms with Crippen LogP contribution in [0.5, 0.6) is 0 Å². The standard InChI is InChI=1S/C17H25NO2/c1-3-13-9-10-15(18-12-13)11-16(19)17(20-2)14-7-5-4-6-8-14/h9-10,12,14,17H,3-8,11H2,1-2H3. The highest BCUT2D eigenvalue weighted by Gasteiger charge is 2.29. The Bertz CT molecular complexity index is 421. The average Bonchev–Trinajstić information content (AvgIpc) is 2.50. The molecule has 1 saturated carbocycles. The van der Waals surface area contributed by atoms with Gasteiger partial charge < -0.3 is 4.74 Å². The minimum Gasteiger partial charge on any atom is -0.373 e. The number of ether oxygens (including phenoxy) is 1. The summed E-state index contributed by atoms with van der Waals surface area (Å²) in [4.78, 5) is 16.8. The number of methoxy groups -OCH3 is 1. The first-order chi connectivity index (χ1) is 9.74. The molecule has 1 unspecified atom stereocenters. The Hall–Kier alpha value is -1.22. The Kier molecular flexibility index (Phi) is 5.72. The van der Waals surface area contributed by atoms with E-state index in [-0.39, 0.29) is 11.9 Å². The molecule has 0 aliphatic heterocycles. The van der Waals surface area contributed by atoms with E-state index in [4.69, 9.17) is 4.74 Å². The van der Waals surface area contributed by atoms with Crippen LogP contribution in [0.2, 0.25) is 0 Å². The molecule has 0 bridgehead atoms. The summed E-state index contributed by atoms with van der Waals surface area (Å²) in [6.45, 7) is 2.10. The zero-order chi connectivity index (χ0) is 14.4. The van der Waals surface area contributed by atoms with E-state index in [9.17, 15) is 4.79 Å². The number of rotatable bonds is 6. The van der Waals surface area contributed by atoms with Crippen LogP contribution >= 0.6 is 0 Å². The topological polar surface area (TPSA) is 39.2 Å². The van der Waals surface area contributed by atoms with Crippen molar-refractivity contribution in [1.82, 2.24) is 4.98 Å². The quantitative estimate of drug-likeness (QED) is 0.799. The molecule has 2 rings (SSSR count). The van der Waals surface area contributed by atoms with Crippen LogP contribution in [0.15, 0.2) is 18.3 Å². The number of pyridine rings is 1. The van der Waals surface area contributed by atoms with Crippen LogP contribution in [0, 0.1) is 5.92 Å². The summed E-state index contributed by atoms with van der Waals surface area (Å²) in [6, 6.07) is 4.02. The Labute approximate surface area is 121 Å². The average molecular weight is 275 g/mol. The molecule has 0 spiro atoms. The fourth-order valence-corrected chi connectivity index (χ4v) is 3.07. The van der Waals surface area contributed by atoms with E-state index in [0.29, 0.717) is 12.3 Å². The number of aryl methyl sites for hydroxylation is 1. The molecule has 3 heteroatoms. The number of hydrogen-bond acceptors (Lipinski definition) is 3. The summed E-state index contributed by atoms with van der Waals surface area (Å²) in [6.07, 6.45) is 8.96. The molecule has 0 saturated heterocycles. The van der Waals surface area contributed by atoms with Crippen LogP contribution in [0.4, 0.5) is 0 Å². The second-order valence-electron chi connectivity index (χ2n) is 5.71. The molecule has 1 aliphatic carbocycles. The van der Waals surface area contributed by atoms with Crippen LogP contribution in [0.25, 0.3) is 0 Å². The highest BCUT2D eigenvalue weighted by Crippen LogP contribution is 2.28. The van der Waals surface area contributed by atoms with Gasteiger partial charge in [0.2, 0.25) is 0 Å². The van der Waals surface area contributed by atoms with Gasteiger partial charge in [-0.25, -0.2) is 0 Å². The normalized spacial score (nSPS) is 17.9. The summed E-state index contributed by atoms with van der Waals surface area (Å²) in [5.74, 6) is 0.576. The van der Waals surface area contributed by atoms with E-state index < -0.39 is 0 Å². The summed E-state index contributed by atoms with van der Waals surface area (Å²) in [5.41, 5.74) is 2.06. The molecular weight excluding hydrogens is 250 g/mol. The predicted octanol–water partition coefficient (Wildman–Crippen LogP) is 3.35. The molecule has 3 nitrogen and oxygen atoms in total. The lowest BCUT2D eigenvalue weighted by molar-refractivity contribution is -0.132. The second kappa shape index (κ2) is 7.53. The molecule has 0 aromatic carbocycles. The van der Waals surface area contributed by atoms with Gasteiger partial charge in [0.25, 0.3) is 0 Å². The summed E-state index contributed by atoms with van der Waals surface area (Å²) in [5, 5.41) is 0.